The molecule has 0 bridgehead atoms. The van der Waals surface area contributed by atoms with Crippen molar-refractivity contribution in [3.05, 3.63) is 46.2 Å². The van der Waals surface area contributed by atoms with Crippen LogP contribution in [0, 0.1) is 0 Å². The normalized spacial score (nSPS) is 11.6. The van der Waals surface area contributed by atoms with Crippen LogP contribution in [0.1, 0.15) is 30.7 Å². The maximum atomic E-state index is 13.2. The number of halogens is 1. The average Bonchev–Trinajstić information content (AvgIpc) is 3.31. The lowest BCUT2D eigenvalue weighted by atomic mass is 10.1. The minimum Gasteiger partial charge on any atom is -0.493 e. The molecule has 0 aliphatic heterocycles. The second-order valence-corrected chi connectivity index (χ2v) is 8.55. The van der Waals surface area contributed by atoms with Crippen molar-refractivity contribution in [2.24, 2.45) is 0 Å². The molecular formula is C23H31ClN2O4S. The number of hydrogen-bond donors (Lipinski definition) is 0. The summed E-state index contributed by atoms with van der Waals surface area (Å²) in [4.78, 5) is 30.0. The van der Waals surface area contributed by atoms with Gasteiger partial charge in [0.15, 0.2) is 11.5 Å². The molecule has 2 rings (SSSR count). The molecule has 0 radical (unpaired) electrons. The molecule has 0 fully saturated rings. The summed E-state index contributed by atoms with van der Waals surface area (Å²) >= 11 is 7.39. The van der Waals surface area contributed by atoms with Gasteiger partial charge in [-0.25, -0.2) is 0 Å². The SMILES string of the molecule is CCC(C)N(CC(=O)N(CCc1ccc(OC)c(OC)c1)Cc1cccs1)C(=O)CCl. The summed E-state index contributed by atoms with van der Waals surface area (Å²) in [6, 6.07) is 9.69. The Labute approximate surface area is 193 Å². The summed E-state index contributed by atoms with van der Waals surface area (Å²) in [7, 11) is 3.20. The summed E-state index contributed by atoms with van der Waals surface area (Å²) < 4.78 is 10.7. The van der Waals surface area contributed by atoms with E-state index in [4.69, 9.17) is 21.1 Å². The molecule has 0 N–H and O–H groups in total. The molecule has 1 aromatic heterocycles. The van der Waals surface area contributed by atoms with Gasteiger partial charge in [0.25, 0.3) is 0 Å². The maximum absolute atomic E-state index is 13.2. The van der Waals surface area contributed by atoms with Gasteiger partial charge in [-0.3, -0.25) is 9.59 Å². The van der Waals surface area contributed by atoms with Crippen LogP contribution in [0.5, 0.6) is 11.5 Å². The van der Waals surface area contributed by atoms with Crippen molar-refractivity contribution < 1.29 is 19.1 Å². The topological polar surface area (TPSA) is 59.1 Å². The van der Waals surface area contributed by atoms with E-state index < -0.39 is 0 Å². The van der Waals surface area contributed by atoms with Gasteiger partial charge in [-0.2, -0.15) is 0 Å². The number of ether oxygens (including phenoxy) is 2. The van der Waals surface area contributed by atoms with Crippen LogP contribution in [0.4, 0.5) is 0 Å². The summed E-state index contributed by atoms with van der Waals surface area (Å²) in [5.41, 5.74) is 1.04. The van der Waals surface area contributed by atoms with E-state index in [-0.39, 0.29) is 30.3 Å². The monoisotopic (exact) mass is 466 g/mol. The number of carbonyl (C=O) groups is 2. The number of nitrogens with zero attached hydrogens (tertiary/aromatic N) is 2. The predicted octanol–water partition coefficient (Wildman–Crippen LogP) is 4.20. The molecule has 1 atom stereocenters. The van der Waals surface area contributed by atoms with Gasteiger partial charge in [-0.15, -0.1) is 22.9 Å². The third-order valence-electron chi connectivity index (χ3n) is 5.26. The molecule has 170 valence electrons. The van der Waals surface area contributed by atoms with E-state index >= 15 is 0 Å². The third kappa shape index (κ3) is 7.14. The van der Waals surface area contributed by atoms with Crippen LogP contribution >= 0.6 is 22.9 Å². The minimum absolute atomic E-state index is 0.0257. The zero-order valence-corrected chi connectivity index (χ0v) is 20.2. The van der Waals surface area contributed by atoms with Crippen molar-refractivity contribution in [2.75, 3.05) is 33.2 Å². The molecular weight excluding hydrogens is 436 g/mol. The Morgan fingerprint density at radius 2 is 1.87 bits per heavy atom. The number of amides is 2. The summed E-state index contributed by atoms with van der Waals surface area (Å²) in [5, 5.41) is 1.99. The lowest BCUT2D eigenvalue weighted by Crippen LogP contribution is -2.47. The van der Waals surface area contributed by atoms with E-state index in [1.807, 2.05) is 49.6 Å². The molecule has 0 aliphatic carbocycles. The summed E-state index contributed by atoms with van der Waals surface area (Å²) in [5.74, 6) is 0.884. The molecule has 1 unspecified atom stereocenters. The molecule has 2 amide bonds. The molecule has 0 spiro atoms. The van der Waals surface area contributed by atoms with Crippen molar-refractivity contribution in [1.29, 1.82) is 0 Å². The van der Waals surface area contributed by atoms with Gasteiger partial charge in [0.1, 0.15) is 12.4 Å². The Hall–Kier alpha value is -2.25. The largest absolute Gasteiger partial charge is 0.493 e. The van der Waals surface area contributed by atoms with Crippen molar-refractivity contribution in [3.8, 4) is 11.5 Å². The number of benzene rings is 1. The zero-order valence-electron chi connectivity index (χ0n) is 18.6. The smallest absolute Gasteiger partial charge is 0.242 e. The van der Waals surface area contributed by atoms with Gasteiger partial charge in [-0.1, -0.05) is 19.1 Å². The standard InChI is InChI=1S/C23H31ClN2O4S/c1-5-17(2)26(22(27)14-24)16-23(28)25(15-19-7-6-12-31-19)11-10-18-8-9-20(29-3)21(13-18)30-4/h6-9,12-13,17H,5,10-11,14-16H2,1-4H3. The lowest BCUT2D eigenvalue weighted by molar-refractivity contribution is -0.141. The molecule has 31 heavy (non-hydrogen) atoms. The van der Waals surface area contributed by atoms with Crippen LogP contribution in [0.15, 0.2) is 35.7 Å². The third-order valence-corrected chi connectivity index (χ3v) is 6.35. The van der Waals surface area contributed by atoms with Crippen molar-refractivity contribution in [2.45, 2.75) is 39.3 Å². The Balaban J connectivity index is 2.16. The highest BCUT2D eigenvalue weighted by Gasteiger charge is 2.24. The zero-order chi connectivity index (χ0) is 22.8. The highest BCUT2D eigenvalue weighted by Crippen LogP contribution is 2.28. The number of carbonyl (C=O) groups excluding carboxylic acids is 2. The molecule has 6 nitrogen and oxygen atoms in total. The second-order valence-electron chi connectivity index (χ2n) is 7.25. The summed E-state index contributed by atoms with van der Waals surface area (Å²) in [6.07, 6.45) is 1.41. The number of methoxy groups -OCH3 is 2. The van der Waals surface area contributed by atoms with E-state index in [0.29, 0.717) is 31.0 Å². The summed E-state index contributed by atoms with van der Waals surface area (Å²) in [6.45, 7) is 4.98. The Morgan fingerprint density at radius 1 is 1.13 bits per heavy atom. The van der Waals surface area contributed by atoms with Crippen LogP contribution in [0.25, 0.3) is 0 Å². The quantitative estimate of drug-likeness (QED) is 0.440. The molecule has 0 aliphatic rings. The van der Waals surface area contributed by atoms with Gasteiger partial charge in [-0.05, 0) is 48.9 Å². The molecule has 2 aromatic rings. The first kappa shape index (κ1) is 25.0. The molecule has 0 saturated heterocycles. The van der Waals surface area contributed by atoms with Gasteiger partial charge in [0, 0.05) is 17.5 Å². The van der Waals surface area contributed by atoms with Crippen LogP contribution in [-0.4, -0.2) is 60.8 Å². The first-order valence-electron chi connectivity index (χ1n) is 10.3. The van der Waals surface area contributed by atoms with Crippen LogP contribution in [0.3, 0.4) is 0 Å². The fraction of sp³-hybridized carbons (Fsp3) is 0.478. The minimum atomic E-state index is -0.222. The maximum Gasteiger partial charge on any atom is 0.242 e. The first-order chi connectivity index (χ1) is 14.9. The van der Waals surface area contributed by atoms with Crippen molar-refractivity contribution >= 4 is 34.8 Å². The van der Waals surface area contributed by atoms with E-state index in [1.54, 1.807) is 35.4 Å². The highest BCUT2D eigenvalue weighted by molar-refractivity contribution is 7.09. The van der Waals surface area contributed by atoms with Crippen molar-refractivity contribution in [1.82, 2.24) is 9.80 Å². The average molecular weight is 467 g/mol. The van der Waals surface area contributed by atoms with E-state index in [0.717, 1.165) is 16.9 Å². The van der Waals surface area contributed by atoms with Crippen LogP contribution in [-0.2, 0) is 22.6 Å². The van der Waals surface area contributed by atoms with Gasteiger partial charge in [0.2, 0.25) is 11.8 Å². The van der Waals surface area contributed by atoms with Crippen LogP contribution in [0.2, 0.25) is 0 Å². The Morgan fingerprint density at radius 3 is 2.45 bits per heavy atom. The number of thiophene rings is 1. The molecule has 1 aromatic carbocycles. The Bertz CT molecular complexity index is 844. The number of hydrogen-bond acceptors (Lipinski definition) is 5. The predicted molar refractivity (Wildman–Crippen MR) is 125 cm³/mol. The van der Waals surface area contributed by atoms with E-state index in [1.165, 1.54) is 0 Å². The lowest BCUT2D eigenvalue weighted by Gasteiger charge is -2.31. The second kappa shape index (κ2) is 12.6. The van der Waals surface area contributed by atoms with Gasteiger partial charge < -0.3 is 19.3 Å². The molecule has 0 saturated carbocycles. The van der Waals surface area contributed by atoms with Crippen LogP contribution < -0.4 is 9.47 Å². The van der Waals surface area contributed by atoms with Gasteiger partial charge in [0.05, 0.1) is 20.8 Å². The molecule has 8 heteroatoms. The van der Waals surface area contributed by atoms with Gasteiger partial charge >= 0.3 is 0 Å². The Kier molecular flexibility index (Phi) is 10.1. The number of alkyl halides is 1. The van der Waals surface area contributed by atoms with E-state index in [2.05, 4.69) is 0 Å². The highest BCUT2D eigenvalue weighted by atomic mass is 35.5. The first-order valence-corrected chi connectivity index (χ1v) is 11.7. The number of rotatable bonds is 12. The fourth-order valence-corrected chi connectivity index (χ4v) is 4.09. The van der Waals surface area contributed by atoms with E-state index in [9.17, 15) is 9.59 Å². The fourth-order valence-electron chi connectivity index (χ4n) is 3.22. The molecule has 1 heterocycles. The van der Waals surface area contributed by atoms with Crippen molar-refractivity contribution in [3.63, 3.8) is 0 Å².